The molecule has 0 rings (SSSR count). The topological polar surface area (TPSA) is 141 Å². The van der Waals surface area contributed by atoms with Crippen LogP contribution in [-0.2, 0) is 14.4 Å². The molecule has 19 heavy (non-hydrogen) atoms. The monoisotopic (exact) mass is 291 g/mol. The third-order valence-electron chi connectivity index (χ3n) is 1.25. The second-order valence-corrected chi connectivity index (χ2v) is 2.42. The van der Waals surface area contributed by atoms with E-state index < -0.39 is 36.4 Å². The number of hydrogen-bond donors (Lipinski definition) is 1. The molecule has 0 aliphatic carbocycles. The maximum Gasteiger partial charge on any atom is 1.00 e. The van der Waals surface area contributed by atoms with Gasteiger partial charge in [-0.05, 0) is 0 Å². The molecule has 0 spiro atoms. The van der Waals surface area contributed by atoms with E-state index >= 15 is 0 Å². The third kappa shape index (κ3) is 19.6. The molecular formula is C6H5B3Na3O7. The minimum atomic E-state index is -2.97. The van der Waals surface area contributed by atoms with E-state index in [1.165, 1.54) is 0 Å². The molecule has 0 amide bonds. The summed E-state index contributed by atoms with van der Waals surface area (Å²) < 4.78 is 0. The van der Waals surface area contributed by atoms with Gasteiger partial charge in [0.2, 0.25) is 0 Å². The van der Waals surface area contributed by atoms with Crippen LogP contribution in [0.3, 0.4) is 0 Å². The molecule has 0 saturated heterocycles. The second kappa shape index (κ2) is 19.6. The van der Waals surface area contributed by atoms with Crippen molar-refractivity contribution < 1.29 is 123 Å². The molecule has 13 heteroatoms. The van der Waals surface area contributed by atoms with Gasteiger partial charge in [0.15, 0.2) is 0 Å². The molecule has 0 aliphatic rings. The summed E-state index contributed by atoms with van der Waals surface area (Å²) in [7, 11) is 0. The standard InChI is InChI=1S/C6H8O7.3B.3Na/c7-3(8)1-6(13,5(11)12)2-4(9)10;;;;;;/h13H,1-2H2,(H,7,8)(H,9,10)(H,11,12);;;;;;/q;;;;3*+1/p-3. The fraction of sp³-hybridized carbons (Fsp3) is 0.500. The van der Waals surface area contributed by atoms with E-state index in [2.05, 4.69) is 0 Å². The van der Waals surface area contributed by atoms with E-state index in [-0.39, 0.29) is 114 Å². The van der Waals surface area contributed by atoms with Crippen molar-refractivity contribution in [3.63, 3.8) is 0 Å². The molecule has 0 aromatic carbocycles. The smallest absolute Gasteiger partial charge is 0.550 e. The van der Waals surface area contributed by atoms with E-state index in [1.807, 2.05) is 0 Å². The van der Waals surface area contributed by atoms with Crippen LogP contribution >= 0.6 is 0 Å². The SMILES string of the molecule is O=C([O-])CC(O)(CC(=O)[O-])C(=O)[O-].[B].[B].[B].[Na+].[Na+].[Na+]. The Bertz CT molecular complexity index is 250. The van der Waals surface area contributed by atoms with Crippen molar-refractivity contribution >= 4 is 43.1 Å². The number of aliphatic carboxylic acids is 3. The zero-order valence-electron chi connectivity index (χ0n) is 11.0. The van der Waals surface area contributed by atoms with Crippen molar-refractivity contribution in [2.24, 2.45) is 0 Å². The Balaban J connectivity index is -0.0000000480. The van der Waals surface area contributed by atoms with Gasteiger partial charge in [-0.2, -0.15) is 0 Å². The van der Waals surface area contributed by atoms with Crippen molar-refractivity contribution in [3.8, 4) is 0 Å². The van der Waals surface area contributed by atoms with Crippen LogP contribution in [0, 0.1) is 0 Å². The predicted molar refractivity (Wildman–Crippen MR) is 46.5 cm³/mol. The molecule has 0 heterocycles. The summed E-state index contributed by atoms with van der Waals surface area (Å²) in [6, 6.07) is 0. The summed E-state index contributed by atoms with van der Waals surface area (Å²) in [5.74, 6) is -5.98. The number of carbonyl (C=O) groups excluding carboxylic acids is 3. The van der Waals surface area contributed by atoms with Gasteiger partial charge < -0.3 is 34.8 Å². The van der Waals surface area contributed by atoms with Gasteiger partial charge in [-0.1, -0.05) is 0 Å². The molecule has 1 N–H and O–H groups in total. The molecule has 0 bridgehead atoms. The van der Waals surface area contributed by atoms with Crippen molar-refractivity contribution in [3.05, 3.63) is 0 Å². The summed E-state index contributed by atoms with van der Waals surface area (Å²) in [6.45, 7) is 0. The summed E-state index contributed by atoms with van der Waals surface area (Å²) in [6.07, 6.45) is -2.72. The van der Waals surface area contributed by atoms with Crippen LogP contribution < -0.4 is 104 Å². The van der Waals surface area contributed by atoms with Crippen LogP contribution in [0.5, 0.6) is 0 Å². The van der Waals surface area contributed by atoms with Crippen LogP contribution in [0.1, 0.15) is 12.8 Å². The zero-order chi connectivity index (χ0) is 10.6. The average Bonchev–Trinajstić information content (AvgIpc) is 1.82. The Morgan fingerprint density at radius 1 is 0.789 bits per heavy atom. The zero-order valence-corrected chi connectivity index (χ0v) is 17.0. The van der Waals surface area contributed by atoms with Crippen LogP contribution in [-0.4, -0.2) is 53.9 Å². The van der Waals surface area contributed by atoms with Crippen molar-refractivity contribution in [1.29, 1.82) is 0 Å². The molecule has 0 aromatic heterocycles. The number of carboxylic acid groups (broad SMARTS) is 3. The Labute approximate surface area is 182 Å². The fourth-order valence-electron chi connectivity index (χ4n) is 0.684. The van der Waals surface area contributed by atoms with Gasteiger partial charge in [0.1, 0.15) is 5.60 Å². The van der Waals surface area contributed by atoms with Gasteiger partial charge in [-0.15, -0.1) is 0 Å². The maximum absolute atomic E-state index is 10.1. The maximum atomic E-state index is 10.1. The first kappa shape index (κ1) is 42.8. The molecular weight excluding hydrogens is 285 g/mol. The van der Waals surface area contributed by atoms with Gasteiger partial charge in [0, 0.05) is 50.0 Å². The molecule has 0 saturated carbocycles. The predicted octanol–water partition coefficient (Wildman–Crippen LogP) is -15.4. The summed E-state index contributed by atoms with van der Waals surface area (Å²) in [4.78, 5) is 30.0. The first-order chi connectivity index (χ1) is 5.78. The first-order valence-electron chi connectivity index (χ1n) is 3.11. The Kier molecular flexibility index (Phi) is 44.1. The molecule has 83 valence electrons. The van der Waals surface area contributed by atoms with Gasteiger partial charge in [-0.3, -0.25) is 0 Å². The molecule has 0 atom stereocenters. The van der Waals surface area contributed by atoms with Gasteiger partial charge in [-0.25, -0.2) is 0 Å². The van der Waals surface area contributed by atoms with Crippen LogP contribution in [0.4, 0.5) is 0 Å². The molecule has 0 aliphatic heterocycles. The fourth-order valence-corrected chi connectivity index (χ4v) is 0.684. The number of aliphatic hydroxyl groups is 1. The molecule has 7 nitrogen and oxygen atoms in total. The first-order valence-corrected chi connectivity index (χ1v) is 3.11. The summed E-state index contributed by atoms with van der Waals surface area (Å²) >= 11 is 0. The van der Waals surface area contributed by atoms with Crippen molar-refractivity contribution in [1.82, 2.24) is 0 Å². The number of rotatable bonds is 5. The minimum Gasteiger partial charge on any atom is -0.550 e. The largest absolute Gasteiger partial charge is 1.00 e. The van der Waals surface area contributed by atoms with Crippen LogP contribution in [0.25, 0.3) is 0 Å². The van der Waals surface area contributed by atoms with E-state index in [9.17, 15) is 29.7 Å². The van der Waals surface area contributed by atoms with Gasteiger partial charge in [0.05, 0.1) is 5.97 Å². The van der Waals surface area contributed by atoms with Crippen molar-refractivity contribution in [2.75, 3.05) is 0 Å². The number of carbonyl (C=O) groups is 3. The Hall–Kier alpha value is 1.56. The van der Waals surface area contributed by atoms with Crippen LogP contribution in [0.2, 0.25) is 0 Å². The molecule has 0 fully saturated rings. The van der Waals surface area contributed by atoms with Gasteiger partial charge in [0.25, 0.3) is 0 Å². The quantitative estimate of drug-likeness (QED) is 0.495. The number of hydrogen-bond acceptors (Lipinski definition) is 7. The van der Waals surface area contributed by atoms with Crippen LogP contribution in [0.15, 0.2) is 0 Å². The third-order valence-corrected chi connectivity index (χ3v) is 1.25. The summed E-state index contributed by atoms with van der Waals surface area (Å²) in [5, 5.41) is 38.9. The molecule has 0 unspecified atom stereocenters. The normalized spacial score (nSPS) is 7.42. The minimum absolute atomic E-state index is 0. The van der Waals surface area contributed by atoms with E-state index in [1.54, 1.807) is 0 Å². The average molecular weight is 291 g/mol. The molecule has 0 aromatic rings. The molecule has 9 radical (unpaired) electrons. The van der Waals surface area contributed by atoms with Crippen molar-refractivity contribution in [2.45, 2.75) is 18.4 Å². The van der Waals surface area contributed by atoms with E-state index in [4.69, 9.17) is 5.11 Å². The van der Waals surface area contributed by atoms with E-state index in [0.29, 0.717) is 0 Å². The second-order valence-electron chi connectivity index (χ2n) is 2.42. The Morgan fingerprint density at radius 2 is 1.00 bits per heavy atom. The number of carboxylic acids is 3. The van der Waals surface area contributed by atoms with Gasteiger partial charge >= 0.3 is 88.7 Å². The summed E-state index contributed by atoms with van der Waals surface area (Å²) in [5.41, 5.74) is -2.97. The van der Waals surface area contributed by atoms with E-state index in [0.717, 1.165) is 0 Å². The Morgan fingerprint density at radius 3 is 1.11 bits per heavy atom.